The fourth-order valence-corrected chi connectivity index (χ4v) is 4.91. The monoisotopic (exact) mass is 500 g/mol. The van der Waals surface area contributed by atoms with Crippen LogP contribution >= 0.6 is 12.2 Å². The van der Waals surface area contributed by atoms with Crippen molar-refractivity contribution in [2.24, 2.45) is 0 Å². The lowest BCUT2D eigenvalue weighted by Gasteiger charge is -2.29. The zero-order chi connectivity index (χ0) is 25.1. The average Bonchev–Trinajstić information content (AvgIpc) is 3.44. The molecule has 182 valence electrons. The van der Waals surface area contributed by atoms with Crippen molar-refractivity contribution in [3.63, 3.8) is 0 Å². The molecule has 1 aromatic carbocycles. The molecule has 1 fully saturated rings. The molecule has 0 aliphatic carbocycles. The van der Waals surface area contributed by atoms with Gasteiger partial charge in [0, 0.05) is 42.4 Å². The van der Waals surface area contributed by atoms with Gasteiger partial charge in [-0.2, -0.15) is 0 Å². The standard InChI is InChI=1S/C27H25FN6OS/c1-18-7-12-23(34(18)21-5-4-14-29-17-21)26-25(22-6-2-3-15-30-22)32-27(36)33(26)16-13-24(35)31-20-10-8-19(28)9-11-20/h2-12,14-15,17,25-26H,13,16H2,1H3,(H,31,35)(H,32,36)/t25-,26+/m1/s1. The van der Waals surface area contributed by atoms with Crippen LogP contribution in [-0.2, 0) is 4.79 Å². The molecule has 0 radical (unpaired) electrons. The lowest BCUT2D eigenvalue weighted by atomic mass is 10.0. The third-order valence-corrected chi connectivity index (χ3v) is 6.57. The molecular weight excluding hydrogens is 475 g/mol. The summed E-state index contributed by atoms with van der Waals surface area (Å²) in [5, 5.41) is 6.81. The summed E-state index contributed by atoms with van der Waals surface area (Å²) < 4.78 is 15.4. The van der Waals surface area contributed by atoms with Crippen LogP contribution in [0.25, 0.3) is 5.69 Å². The molecule has 2 N–H and O–H groups in total. The fraction of sp³-hybridized carbons (Fsp3) is 0.185. The normalized spacial score (nSPS) is 17.2. The molecule has 0 saturated carbocycles. The van der Waals surface area contributed by atoms with Gasteiger partial charge >= 0.3 is 0 Å². The van der Waals surface area contributed by atoms with Gasteiger partial charge in [0.25, 0.3) is 0 Å². The predicted molar refractivity (Wildman–Crippen MR) is 140 cm³/mol. The Hall–Kier alpha value is -4.11. The Morgan fingerprint density at radius 2 is 1.92 bits per heavy atom. The number of thiocarbonyl (C=S) groups is 1. The number of aryl methyl sites for hydroxylation is 1. The Bertz CT molecular complexity index is 1360. The highest BCUT2D eigenvalue weighted by atomic mass is 32.1. The molecule has 9 heteroatoms. The second kappa shape index (κ2) is 10.2. The number of nitrogens with zero attached hydrogens (tertiary/aromatic N) is 4. The van der Waals surface area contributed by atoms with Crippen LogP contribution in [-0.4, -0.2) is 37.0 Å². The number of amides is 1. The van der Waals surface area contributed by atoms with E-state index in [1.54, 1.807) is 24.5 Å². The van der Waals surface area contributed by atoms with E-state index in [2.05, 4.69) is 37.3 Å². The minimum absolute atomic E-state index is 0.178. The van der Waals surface area contributed by atoms with Crippen LogP contribution in [0.5, 0.6) is 0 Å². The van der Waals surface area contributed by atoms with E-state index in [1.165, 1.54) is 12.1 Å². The van der Waals surface area contributed by atoms with E-state index in [-0.39, 0.29) is 30.2 Å². The lowest BCUT2D eigenvalue weighted by Crippen LogP contribution is -2.33. The molecule has 3 aromatic heterocycles. The Morgan fingerprint density at radius 1 is 1.08 bits per heavy atom. The quantitative estimate of drug-likeness (QED) is 0.358. The van der Waals surface area contributed by atoms with Gasteiger partial charge in [0.2, 0.25) is 5.91 Å². The first-order chi connectivity index (χ1) is 17.5. The number of rotatable bonds is 7. The fourth-order valence-electron chi connectivity index (χ4n) is 4.57. The molecule has 5 rings (SSSR count). The summed E-state index contributed by atoms with van der Waals surface area (Å²) in [6.07, 6.45) is 5.54. The van der Waals surface area contributed by atoms with Gasteiger partial charge in [-0.25, -0.2) is 4.39 Å². The maximum absolute atomic E-state index is 13.2. The first kappa shape index (κ1) is 23.6. The predicted octanol–water partition coefficient (Wildman–Crippen LogP) is 4.72. The highest BCUT2D eigenvalue weighted by molar-refractivity contribution is 7.80. The molecular formula is C27H25FN6OS. The Balaban J connectivity index is 1.45. The zero-order valence-electron chi connectivity index (χ0n) is 19.6. The van der Waals surface area contributed by atoms with Crippen molar-refractivity contribution in [3.8, 4) is 5.69 Å². The number of pyridine rings is 2. The molecule has 36 heavy (non-hydrogen) atoms. The number of anilines is 1. The molecule has 1 amide bonds. The highest BCUT2D eigenvalue weighted by Gasteiger charge is 2.41. The number of carbonyl (C=O) groups excluding carboxylic acids is 1. The molecule has 1 saturated heterocycles. The average molecular weight is 501 g/mol. The summed E-state index contributed by atoms with van der Waals surface area (Å²) >= 11 is 5.75. The first-order valence-corrected chi connectivity index (χ1v) is 12.0. The number of benzene rings is 1. The molecule has 2 atom stereocenters. The Labute approximate surface area is 214 Å². The van der Waals surface area contributed by atoms with Gasteiger partial charge in [-0.1, -0.05) is 6.07 Å². The summed E-state index contributed by atoms with van der Waals surface area (Å²) in [5.41, 5.74) is 4.43. The van der Waals surface area contributed by atoms with E-state index >= 15 is 0 Å². The van der Waals surface area contributed by atoms with Crippen molar-refractivity contribution in [1.82, 2.24) is 24.8 Å². The number of aromatic nitrogens is 3. The van der Waals surface area contributed by atoms with Crippen molar-refractivity contribution >= 4 is 28.9 Å². The lowest BCUT2D eigenvalue weighted by molar-refractivity contribution is -0.116. The Kier molecular flexibility index (Phi) is 6.73. The van der Waals surface area contributed by atoms with Gasteiger partial charge in [0.15, 0.2) is 5.11 Å². The van der Waals surface area contributed by atoms with Crippen LogP contribution in [0, 0.1) is 12.7 Å². The number of carbonyl (C=O) groups is 1. The third kappa shape index (κ3) is 4.83. The van der Waals surface area contributed by atoms with Crippen molar-refractivity contribution in [2.45, 2.75) is 25.4 Å². The molecule has 4 aromatic rings. The van der Waals surface area contributed by atoms with E-state index in [0.717, 1.165) is 22.8 Å². The zero-order valence-corrected chi connectivity index (χ0v) is 20.5. The van der Waals surface area contributed by atoms with Crippen LogP contribution in [0.15, 0.2) is 85.3 Å². The number of hydrogen-bond donors (Lipinski definition) is 2. The van der Waals surface area contributed by atoms with Crippen molar-refractivity contribution in [3.05, 3.63) is 108 Å². The molecule has 1 aliphatic heterocycles. The number of halogens is 1. The van der Waals surface area contributed by atoms with Crippen LogP contribution in [0.1, 0.15) is 35.6 Å². The SMILES string of the molecule is Cc1ccc([C@H]2[C@@H](c3ccccn3)NC(=S)N2CCC(=O)Nc2ccc(F)cc2)n1-c1cccnc1. The largest absolute Gasteiger partial charge is 0.352 e. The minimum atomic E-state index is -0.350. The highest BCUT2D eigenvalue weighted by Crippen LogP contribution is 2.40. The van der Waals surface area contributed by atoms with E-state index in [9.17, 15) is 9.18 Å². The second-order valence-corrected chi connectivity index (χ2v) is 8.96. The van der Waals surface area contributed by atoms with Gasteiger partial charge in [-0.05, 0) is 79.8 Å². The van der Waals surface area contributed by atoms with Gasteiger partial charge in [0.05, 0.1) is 29.7 Å². The Morgan fingerprint density at radius 3 is 2.64 bits per heavy atom. The summed E-state index contributed by atoms with van der Waals surface area (Å²) in [6.45, 7) is 2.44. The molecule has 0 bridgehead atoms. The van der Waals surface area contributed by atoms with Crippen molar-refractivity contribution < 1.29 is 9.18 Å². The van der Waals surface area contributed by atoms with E-state index in [0.29, 0.717) is 17.3 Å². The maximum Gasteiger partial charge on any atom is 0.226 e. The van der Waals surface area contributed by atoms with Gasteiger partial charge in [-0.3, -0.25) is 14.8 Å². The van der Waals surface area contributed by atoms with Crippen LogP contribution in [0.4, 0.5) is 10.1 Å². The van der Waals surface area contributed by atoms with Crippen molar-refractivity contribution in [2.75, 3.05) is 11.9 Å². The van der Waals surface area contributed by atoms with E-state index in [1.807, 2.05) is 48.4 Å². The summed E-state index contributed by atoms with van der Waals surface area (Å²) in [6, 6.07) is 19.2. The van der Waals surface area contributed by atoms with Gasteiger partial charge in [0.1, 0.15) is 5.82 Å². The van der Waals surface area contributed by atoms with Gasteiger partial charge < -0.3 is 20.1 Å². The number of hydrogen-bond acceptors (Lipinski definition) is 4. The topological polar surface area (TPSA) is 75.1 Å². The molecule has 0 spiro atoms. The van der Waals surface area contributed by atoms with Crippen LogP contribution in [0.3, 0.4) is 0 Å². The molecule has 7 nitrogen and oxygen atoms in total. The van der Waals surface area contributed by atoms with Crippen LogP contribution < -0.4 is 10.6 Å². The van der Waals surface area contributed by atoms with E-state index < -0.39 is 0 Å². The molecule has 0 unspecified atom stereocenters. The summed E-state index contributed by atoms with van der Waals surface area (Å²) in [7, 11) is 0. The molecule has 4 heterocycles. The second-order valence-electron chi connectivity index (χ2n) is 8.57. The third-order valence-electron chi connectivity index (χ3n) is 6.22. The number of nitrogens with one attached hydrogen (secondary N) is 2. The summed E-state index contributed by atoms with van der Waals surface area (Å²) in [4.78, 5) is 23.7. The van der Waals surface area contributed by atoms with Crippen LogP contribution in [0.2, 0.25) is 0 Å². The maximum atomic E-state index is 13.2. The minimum Gasteiger partial charge on any atom is -0.352 e. The van der Waals surface area contributed by atoms with Gasteiger partial charge in [-0.15, -0.1) is 0 Å². The van der Waals surface area contributed by atoms with Crippen molar-refractivity contribution in [1.29, 1.82) is 0 Å². The first-order valence-electron chi connectivity index (χ1n) is 11.6. The molecule has 1 aliphatic rings. The summed E-state index contributed by atoms with van der Waals surface area (Å²) in [5.74, 6) is -0.528. The van der Waals surface area contributed by atoms with E-state index in [4.69, 9.17) is 12.2 Å². The smallest absolute Gasteiger partial charge is 0.226 e.